The van der Waals surface area contributed by atoms with E-state index in [1.165, 1.54) is 11.1 Å². The maximum absolute atomic E-state index is 6.33. The Hall–Kier alpha value is -3.23. The lowest BCUT2D eigenvalue weighted by Crippen LogP contribution is -2.24. The van der Waals surface area contributed by atoms with Crippen molar-refractivity contribution in [2.45, 2.75) is 19.3 Å². The molecule has 0 atom stereocenters. The number of halogens is 1. The van der Waals surface area contributed by atoms with E-state index < -0.39 is 0 Å². The summed E-state index contributed by atoms with van der Waals surface area (Å²) in [6, 6.07) is 26.8. The number of ether oxygens (including phenoxy) is 1. The van der Waals surface area contributed by atoms with Gasteiger partial charge in [-0.15, -0.1) is 0 Å². The summed E-state index contributed by atoms with van der Waals surface area (Å²) in [6.45, 7) is 4.50. The molecule has 0 bridgehead atoms. The molecule has 4 aromatic carbocycles. The van der Waals surface area contributed by atoms with Crippen LogP contribution in [-0.4, -0.2) is 0 Å². The fourth-order valence-corrected chi connectivity index (χ4v) is 4.83. The number of furan rings is 1. The van der Waals surface area contributed by atoms with Crippen LogP contribution in [0.4, 0.5) is 0 Å². The second-order valence-electron chi connectivity index (χ2n) is 8.36. The summed E-state index contributed by atoms with van der Waals surface area (Å²) in [4.78, 5) is 0. The summed E-state index contributed by atoms with van der Waals surface area (Å²) in [5.41, 5.74) is 6.17. The fourth-order valence-electron chi connectivity index (χ4n) is 4.67. The van der Waals surface area contributed by atoms with E-state index in [2.05, 4.69) is 50.2 Å². The molecular formula is C27H19ClO2. The Kier molecular flexibility index (Phi) is 3.60. The molecule has 146 valence electrons. The molecule has 0 spiro atoms. The SMILES string of the molecule is CC1(C)c2ccccc2Oc2cc(-c3cccc4oc5cc(Cl)ccc5c34)ccc21. The lowest BCUT2D eigenvalue weighted by molar-refractivity contribution is 0.418. The van der Waals surface area contributed by atoms with Crippen LogP contribution in [0.5, 0.6) is 11.5 Å². The Morgan fingerprint density at radius 3 is 2.47 bits per heavy atom. The Bertz CT molecular complexity index is 1460. The van der Waals surface area contributed by atoms with Gasteiger partial charge in [0.25, 0.3) is 0 Å². The molecule has 2 nitrogen and oxygen atoms in total. The van der Waals surface area contributed by atoms with Crippen LogP contribution in [0.15, 0.2) is 83.3 Å². The number of hydrogen-bond donors (Lipinski definition) is 0. The molecule has 1 aliphatic heterocycles. The summed E-state index contributed by atoms with van der Waals surface area (Å²) in [6.07, 6.45) is 0. The first kappa shape index (κ1) is 17.6. The molecule has 0 saturated carbocycles. The van der Waals surface area contributed by atoms with Crippen LogP contribution < -0.4 is 4.74 Å². The van der Waals surface area contributed by atoms with Gasteiger partial charge in [0.15, 0.2) is 0 Å². The normalized spacial score (nSPS) is 14.4. The maximum Gasteiger partial charge on any atom is 0.136 e. The van der Waals surface area contributed by atoms with Crippen LogP contribution in [0.25, 0.3) is 33.1 Å². The third kappa shape index (κ3) is 2.44. The molecular weight excluding hydrogens is 392 g/mol. The van der Waals surface area contributed by atoms with Gasteiger partial charge < -0.3 is 9.15 Å². The number of fused-ring (bicyclic) bond motifs is 5. The summed E-state index contributed by atoms with van der Waals surface area (Å²) in [5.74, 6) is 1.83. The van der Waals surface area contributed by atoms with Gasteiger partial charge in [0.1, 0.15) is 22.7 Å². The predicted molar refractivity (Wildman–Crippen MR) is 123 cm³/mol. The summed E-state index contributed by atoms with van der Waals surface area (Å²) in [5, 5.41) is 2.83. The van der Waals surface area contributed by atoms with Crippen molar-refractivity contribution in [3.05, 3.63) is 95.0 Å². The van der Waals surface area contributed by atoms with Crippen molar-refractivity contribution in [2.24, 2.45) is 0 Å². The molecule has 1 aromatic heterocycles. The van der Waals surface area contributed by atoms with E-state index in [-0.39, 0.29) is 5.41 Å². The first-order chi connectivity index (χ1) is 14.5. The minimum atomic E-state index is -0.117. The largest absolute Gasteiger partial charge is 0.457 e. The number of benzene rings is 4. The average Bonchev–Trinajstić information content (AvgIpc) is 3.11. The number of rotatable bonds is 1. The Morgan fingerprint density at radius 1 is 0.733 bits per heavy atom. The lowest BCUT2D eigenvalue weighted by atomic mass is 9.75. The van der Waals surface area contributed by atoms with Gasteiger partial charge in [-0.25, -0.2) is 0 Å². The zero-order valence-electron chi connectivity index (χ0n) is 16.7. The Morgan fingerprint density at radius 2 is 1.57 bits per heavy atom. The van der Waals surface area contributed by atoms with E-state index >= 15 is 0 Å². The Balaban J connectivity index is 1.57. The molecule has 0 fully saturated rings. The predicted octanol–water partition coefficient (Wildman–Crippen LogP) is 8.34. The first-order valence-corrected chi connectivity index (χ1v) is 10.4. The van der Waals surface area contributed by atoms with Crippen molar-refractivity contribution in [2.75, 3.05) is 0 Å². The minimum absolute atomic E-state index is 0.117. The minimum Gasteiger partial charge on any atom is -0.457 e. The van der Waals surface area contributed by atoms with Gasteiger partial charge in [0.05, 0.1) is 0 Å². The second kappa shape index (κ2) is 6.13. The molecule has 2 heterocycles. The van der Waals surface area contributed by atoms with E-state index in [1.807, 2.05) is 42.5 Å². The number of hydrogen-bond acceptors (Lipinski definition) is 2. The Labute approximate surface area is 179 Å². The standard InChI is InChI=1S/C27H19ClO2/c1-27(2)20-7-3-4-8-22(20)29-25-14-16(10-13-21(25)27)18-6-5-9-23-26(18)19-12-11-17(28)15-24(19)30-23/h3-15H,1-2H3. The van der Waals surface area contributed by atoms with Crippen molar-refractivity contribution in [1.29, 1.82) is 0 Å². The maximum atomic E-state index is 6.33. The highest BCUT2D eigenvalue weighted by atomic mass is 35.5. The summed E-state index contributed by atoms with van der Waals surface area (Å²) in [7, 11) is 0. The topological polar surface area (TPSA) is 22.4 Å². The monoisotopic (exact) mass is 410 g/mol. The summed E-state index contributed by atoms with van der Waals surface area (Å²) >= 11 is 6.17. The first-order valence-electron chi connectivity index (χ1n) is 10.1. The fraction of sp³-hybridized carbons (Fsp3) is 0.111. The third-order valence-electron chi connectivity index (χ3n) is 6.21. The van der Waals surface area contributed by atoms with Gasteiger partial charge in [0.2, 0.25) is 0 Å². The quantitative estimate of drug-likeness (QED) is 0.277. The van der Waals surface area contributed by atoms with Gasteiger partial charge in [-0.3, -0.25) is 0 Å². The summed E-state index contributed by atoms with van der Waals surface area (Å²) < 4.78 is 12.4. The zero-order valence-corrected chi connectivity index (χ0v) is 17.5. The smallest absolute Gasteiger partial charge is 0.136 e. The van der Waals surface area contributed by atoms with Crippen LogP contribution >= 0.6 is 11.6 Å². The molecule has 6 rings (SSSR count). The number of para-hydroxylation sites is 1. The highest BCUT2D eigenvalue weighted by molar-refractivity contribution is 6.31. The van der Waals surface area contributed by atoms with Gasteiger partial charge >= 0.3 is 0 Å². The molecule has 0 aliphatic carbocycles. The van der Waals surface area contributed by atoms with Crippen LogP contribution in [0.2, 0.25) is 5.02 Å². The van der Waals surface area contributed by atoms with Crippen LogP contribution in [0.3, 0.4) is 0 Å². The van der Waals surface area contributed by atoms with Crippen LogP contribution in [-0.2, 0) is 5.41 Å². The third-order valence-corrected chi connectivity index (χ3v) is 6.44. The molecule has 0 N–H and O–H groups in total. The molecule has 0 saturated heterocycles. The van der Waals surface area contributed by atoms with Crippen molar-refractivity contribution < 1.29 is 9.15 Å². The van der Waals surface area contributed by atoms with Crippen molar-refractivity contribution in [3.8, 4) is 22.6 Å². The van der Waals surface area contributed by atoms with E-state index in [1.54, 1.807) is 0 Å². The zero-order chi connectivity index (χ0) is 20.5. The molecule has 0 radical (unpaired) electrons. The lowest BCUT2D eigenvalue weighted by Gasteiger charge is -2.34. The molecule has 0 amide bonds. The van der Waals surface area contributed by atoms with Crippen LogP contribution in [0, 0.1) is 0 Å². The van der Waals surface area contributed by atoms with E-state index in [4.69, 9.17) is 20.8 Å². The van der Waals surface area contributed by atoms with Crippen LogP contribution in [0.1, 0.15) is 25.0 Å². The molecule has 30 heavy (non-hydrogen) atoms. The van der Waals surface area contributed by atoms with E-state index in [9.17, 15) is 0 Å². The van der Waals surface area contributed by atoms with Gasteiger partial charge in [-0.1, -0.05) is 67.9 Å². The van der Waals surface area contributed by atoms with Crippen molar-refractivity contribution in [3.63, 3.8) is 0 Å². The van der Waals surface area contributed by atoms with E-state index in [0.717, 1.165) is 44.6 Å². The van der Waals surface area contributed by atoms with Crippen molar-refractivity contribution in [1.82, 2.24) is 0 Å². The average molecular weight is 411 g/mol. The van der Waals surface area contributed by atoms with Gasteiger partial charge in [0, 0.05) is 38.4 Å². The highest BCUT2D eigenvalue weighted by Gasteiger charge is 2.34. The molecule has 0 unspecified atom stereocenters. The second-order valence-corrected chi connectivity index (χ2v) is 8.79. The highest BCUT2D eigenvalue weighted by Crippen LogP contribution is 2.49. The molecule has 3 heteroatoms. The van der Waals surface area contributed by atoms with Crippen molar-refractivity contribution >= 4 is 33.5 Å². The molecule has 5 aromatic rings. The van der Waals surface area contributed by atoms with Gasteiger partial charge in [-0.05, 0) is 41.5 Å². The molecule has 1 aliphatic rings. The van der Waals surface area contributed by atoms with Gasteiger partial charge in [-0.2, -0.15) is 0 Å². The van der Waals surface area contributed by atoms with E-state index in [0.29, 0.717) is 5.02 Å².